The summed E-state index contributed by atoms with van der Waals surface area (Å²) >= 11 is 0. The summed E-state index contributed by atoms with van der Waals surface area (Å²) < 4.78 is 5.27. The number of rotatable bonds is 3. The first-order valence-corrected chi connectivity index (χ1v) is 6.02. The van der Waals surface area contributed by atoms with Gasteiger partial charge in [0.2, 0.25) is 0 Å². The molecule has 1 aromatic heterocycles. The summed E-state index contributed by atoms with van der Waals surface area (Å²) in [6, 6.07) is 0. The normalized spacial score (nSPS) is 15.6. The second-order valence-corrected chi connectivity index (χ2v) is 4.37. The van der Waals surface area contributed by atoms with Gasteiger partial charge in [0.1, 0.15) is 11.9 Å². The molecule has 0 saturated heterocycles. The summed E-state index contributed by atoms with van der Waals surface area (Å²) in [5, 5.41) is 0. The zero-order chi connectivity index (χ0) is 13.3. The Bertz CT molecular complexity index is 524. The van der Waals surface area contributed by atoms with Crippen LogP contribution in [-0.4, -0.2) is 33.5 Å². The molecule has 2 rings (SSSR count). The number of carbonyl (C=O) groups is 1. The Morgan fingerprint density at radius 2 is 2.28 bits per heavy atom. The van der Waals surface area contributed by atoms with Gasteiger partial charge in [0.15, 0.2) is 0 Å². The van der Waals surface area contributed by atoms with Gasteiger partial charge in [-0.15, -0.1) is 0 Å². The molecule has 0 fully saturated rings. The first-order chi connectivity index (χ1) is 8.52. The standard InChI is InChI=1S/C12H17N3O3/c1-4-18-7(2)12(17)15-5-9-10(6-15)13-8(3)14-11(9)16/h7H,4-6H2,1-3H3,(H,13,14,16). The number of amides is 1. The second-order valence-electron chi connectivity index (χ2n) is 4.37. The molecule has 0 radical (unpaired) electrons. The molecule has 18 heavy (non-hydrogen) atoms. The highest BCUT2D eigenvalue weighted by atomic mass is 16.5. The van der Waals surface area contributed by atoms with Gasteiger partial charge in [0.25, 0.3) is 11.5 Å². The Morgan fingerprint density at radius 1 is 1.56 bits per heavy atom. The fourth-order valence-electron chi connectivity index (χ4n) is 2.12. The molecule has 0 aromatic carbocycles. The summed E-state index contributed by atoms with van der Waals surface area (Å²) in [5.74, 6) is 0.470. The van der Waals surface area contributed by atoms with E-state index in [1.807, 2.05) is 6.92 Å². The minimum absolute atomic E-state index is 0.105. The average molecular weight is 251 g/mol. The number of H-pyrrole nitrogens is 1. The number of ether oxygens (including phenoxy) is 1. The third-order valence-corrected chi connectivity index (χ3v) is 2.99. The Morgan fingerprint density at radius 3 is 2.94 bits per heavy atom. The molecule has 0 saturated carbocycles. The van der Waals surface area contributed by atoms with Crippen molar-refractivity contribution in [3.63, 3.8) is 0 Å². The highest BCUT2D eigenvalue weighted by molar-refractivity contribution is 5.81. The van der Waals surface area contributed by atoms with Crippen LogP contribution >= 0.6 is 0 Å². The molecule has 1 amide bonds. The van der Waals surface area contributed by atoms with Gasteiger partial charge in [0.05, 0.1) is 24.3 Å². The molecule has 1 aromatic rings. The summed E-state index contributed by atoms with van der Waals surface area (Å²) in [4.78, 5) is 32.3. The van der Waals surface area contributed by atoms with Crippen LogP contribution < -0.4 is 5.56 Å². The molecule has 6 heteroatoms. The van der Waals surface area contributed by atoms with Gasteiger partial charge in [-0.05, 0) is 20.8 Å². The number of fused-ring (bicyclic) bond motifs is 1. The van der Waals surface area contributed by atoms with Gasteiger partial charge in [-0.2, -0.15) is 0 Å². The van der Waals surface area contributed by atoms with Crippen molar-refractivity contribution < 1.29 is 9.53 Å². The largest absolute Gasteiger partial charge is 0.369 e. The topological polar surface area (TPSA) is 75.3 Å². The quantitative estimate of drug-likeness (QED) is 0.840. The molecule has 0 bridgehead atoms. The minimum Gasteiger partial charge on any atom is -0.369 e. The molecule has 1 unspecified atom stereocenters. The lowest BCUT2D eigenvalue weighted by Gasteiger charge is -2.19. The third-order valence-electron chi connectivity index (χ3n) is 2.99. The predicted octanol–water partition coefficient (Wildman–Crippen LogP) is 0.346. The molecule has 0 aliphatic carbocycles. The van der Waals surface area contributed by atoms with E-state index < -0.39 is 6.10 Å². The maximum atomic E-state index is 12.1. The molecule has 1 aliphatic rings. The number of aromatic amines is 1. The maximum Gasteiger partial charge on any atom is 0.256 e. The van der Waals surface area contributed by atoms with E-state index in [4.69, 9.17) is 4.74 Å². The van der Waals surface area contributed by atoms with Crippen molar-refractivity contribution in [3.05, 3.63) is 27.4 Å². The van der Waals surface area contributed by atoms with Crippen molar-refractivity contribution in [2.24, 2.45) is 0 Å². The maximum absolute atomic E-state index is 12.1. The predicted molar refractivity (Wildman–Crippen MR) is 64.9 cm³/mol. The van der Waals surface area contributed by atoms with Crippen LogP contribution in [0.5, 0.6) is 0 Å². The van der Waals surface area contributed by atoms with Crippen LogP contribution in [-0.2, 0) is 22.6 Å². The van der Waals surface area contributed by atoms with E-state index in [1.54, 1.807) is 18.7 Å². The van der Waals surface area contributed by atoms with Gasteiger partial charge in [0, 0.05) is 6.61 Å². The van der Waals surface area contributed by atoms with E-state index in [2.05, 4.69) is 9.97 Å². The van der Waals surface area contributed by atoms with Crippen LogP contribution in [0.2, 0.25) is 0 Å². The molecule has 1 atom stereocenters. The molecule has 2 heterocycles. The number of nitrogens with one attached hydrogen (secondary N) is 1. The van der Waals surface area contributed by atoms with Crippen LogP contribution in [0.3, 0.4) is 0 Å². The van der Waals surface area contributed by atoms with Crippen molar-refractivity contribution in [2.75, 3.05) is 6.61 Å². The number of hydrogen-bond acceptors (Lipinski definition) is 4. The zero-order valence-electron chi connectivity index (χ0n) is 10.8. The molecule has 0 spiro atoms. The number of carbonyl (C=O) groups excluding carboxylic acids is 1. The Labute approximate surface area is 105 Å². The summed E-state index contributed by atoms with van der Waals surface area (Å²) in [5.41, 5.74) is 1.11. The van der Waals surface area contributed by atoms with Crippen LogP contribution in [0.15, 0.2) is 4.79 Å². The van der Waals surface area contributed by atoms with Crippen molar-refractivity contribution in [1.29, 1.82) is 0 Å². The van der Waals surface area contributed by atoms with E-state index in [1.165, 1.54) is 0 Å². The lowest BCUT2D eigenvalue weighted by molar-refractivity contribution is -0.143. The molecular formula is C12H17N3O3. The second kappa shape index (κ2) is 4.89. The van der Waals surface area contributed by atoms with Gasteiger partial charge in [-0.1, -0.05) is 0 Å². The SMILES string of the molecule is CCOC(C)C(=O)N1Cc2nc(C)[nH]c(=O)c2C1. The molecule has 1 N–H and O–H groups in total. The zero-order valence-corrected chi connectivity index (χ0v) is 10.8. The van der Waals surface area contributed by atoms with E-state index in [-0.39, 0.29) is 11.5 Å². The van der Waals surface area contributed by atoms with Gasteiger partial charge in [-0.3, -0.25) is 9.59 Å². The van der Waals surface area contributed by atoms with Crippen LogP contribution in [0.25, 0.3) is 0 Å². The number of nitrogens with zero attached hydrogens (tertiary/aromatic N) is 2. The average Bonchev–Trinajstić information content (AvgIpc) is 2.72. The highest BCUT2D eigenvalue weighted by Gasteiger charge is 2.29. The highest BCUT2D eigenvalue weighted by Crippen LogP contribution is 2.18. The van der Waals surface area contributed by atoms with E-state index in [0.29, 0.717) is 36.8 Å². The van der Waals surface area contributed by atoms with Crippen molar-refractivity contribution in [3.8, 4) is 0 Å². The first-order valence-electron chi connectivity index (χ1n) is 6.02. The monoisotopic (exact) mass is 251 g/mol. The van der Waals surface area contributed by atoms with Crippen molar-refractivity contribution >= 4 is 5.91 Å². The summed E-state index contributed by atoms with van der Waals surface area (Å²) in [6.07, 6.45) is -0.482. The van der Waals surface area contributed by atoms with Crippen LogP contribution in [0.1, 0.15) is 30.9 Å². The fourth-order valence-corrected chi connectivity index (χ4v) is 2.12. The number of aryl methyl sites for hydroxylation is 1. The minimum atomic E-state index is -0.482. The van der Waals surface area contributed by atoms with Gasteiger partial charge in [-0.25, -0.2) is 4.98 Å². The molecule has 1 aliphatic heterocycles. The molecular weight excluding hydrogens is 234 g/mol. The van der Waals surface area contributed by atoms with E-state index in [9.17, 15) is 9.59 Å². The Balaban J connectivity index is 2.17. The lowest BCUT2D eigenvalue weighted by atomic mass is 10.3. The molecule has 6 nitrogen and oxygen atoms in total. The van der Waals surface area contributed by atoms with Crippen molar-refractivity contribution in [1.82, 2.24) is 14.9 Å². The summed E-state index contributed by atoms with van der Waals surface area (Å²) in [7, 11) is 0. The smallest absolute Gasteiger partial charge is 0.256 e. The van der Waals surface area contributed by atoms with Crippen LogP contribution in [0, 0.1) is 6.92 Å². The van der Waals surface area contributed by atoms with Crippen LogP contribution in [0.4, 0.5) is 0 Å². The Kier molecular flexibility index (Phi) is 3.47. The lowest BCUT2D eigenvalue weighted by Crippen LogP contribution is -2.35. The van der Waals surface area contributed by atoms with Gasteiger partial charge < -0.3 is 14.6 Å². The molecule has 98 valence electrons. The van der Waals surface area contributed by atoms with E-state index >= 15 is 0 Å². The fraction of sp³-hybridized carbons (Fsp3) is 0.583. The third kappa shape index (κ3) is 2.28. The summed E-state index contributed by atoms with van der Waals surface area (Å²) in [6.45, 7) is 6.49. The van der Waals surface area contributed by atoms with Crippen molar-refractivity contribution in [2.45, 2.75) is 40.0 Å². The number of hydrogen-bond donors (Lipinski definition) is 1. The number of aromatic nitrogens is 2. The Hall–Kier alpha value is -1.69. The van der Waals surface area contributed by atoms with Gasteiger partial charge >= 0.3 is 0 Å². The van der Waals surface area contributed by atoms with E-state index in [0.717, 1.165) is 0 Å². The first kappa shape index (κ1) is 12.8.